The maximum Gasteiger partial charge on any atom is 0.123 e. The summed E-state index contributed by atoms with van der Waals surface area (Å²) in [6, 6.07) is 19.1. The monoisotopic (exact) mass is 403 g/mol. The van der Waals surface area contributed by atoms with Crippen LogP contribution < -0.4 is 5.32 Å². The molecule has 0 radical (unpaired) electrons. The normalized spacial score (nSPS) is 13.2. The Balaban J connectivity index is 1.87. The molecule has 0 saturated carbocycles. The minimum atomic E-state index is -0.761. The molecule has 3 rings (SSSR count). The van der Waals surface area contributed by atoms with Crippen LogP contribution in [0.2, 0.25) is 10.0 Å². The van der Waals surface area contributed by atoms with E-state index in [1.807, 2.05) is 37.3 Å². The molecule has 0 amide bonds. The van der Waals surface area contributed by atoms with Gasteiger partial charge in [-0.25, -0.2) is 4.39 Å². The van der Waals surface area contributed by atoms with E-state index in [1.54, 1.807) is 24.3 Å². The Labute approximate surface area is 168 Å². The van der Waals surface area contributed by atoms with Gasteiger partial charge in [-0.15, -0.1) is 0 Å². The average Bonchev–Trinajstić information content (AvgIpc) is 2.65. The van der Waals surface area contributed by atoms with Crippen LogP contribution in [0, 0.1) is 12.7 Å². The van der Waals surface area contributed by atoms with Gasteiger partial charge in [-0.05, 0) is 54.4 Å². The van der Waals surface area contributed by atoms with Crippen molar-refractivity contribution in [1.82, 2.24) is 0 Å². The Morgan fingerprint density at radius 2 is 1.52 bits per heavy atom. The van der Waals surface area contributed by atoms with Crippen LogP contribution in [-0.4, -0.2) is 5.11 Å². The summed E-state index contributed by atoms with van der Waals surface area (Å²) in [7, 11) is 0. The summed E-state index contributed by atoms with van der Waals surface area (Å²) in [6.07, 6.45) is -0.375. The summed E-state index contributed by atoms with van der Waals surface area (Å²) in [5.41, 5.74) is 3.67. The lowest BCUT2D eigenvalue weighted by molar-refractivity contribution is 0.160. The molecule has 5 heteroatoms. The fourth-order valence-corrected chi connectivity index (χ4v) is 3.21. The van der Waals surface area contributed by atoms with Gasteiger partial charge in [-0.3, -0.25) is 0 Å². The molecule has 0 fully saturated rings. The molecule has 2 N–H and O–H groups in total. The number of nitrogens with one attached hydrogen (secondary N) is 1. The van der Waals surface area contributed by atoms with E-state index >= 15 is 0 Å². The van der Waals surface area contributed by atoms with E-state index in [1.165, 1.54) is 12.1 Å². The largest absolute Gasteiger partial charge is 0.388 e. The van der Waals surface area contributed by atoms with E-state index in [0.717, 1.165) is 16.8 Å². The second-order valence-corrected chi connectivity index (χ2v) is 7.35. The topological polar surface area (TPSA) is 32.3 Å². The molecule has 2 unspecified atom stereocenters. The minimum Gasteiger partial charge on any atom is -0.388 e. The molecule has 0 aromatic heterocycles. The van der Waals surface area contributed by atoms with Gasteiger partial charge in [0.2, 0.25) is 0 Å². The number of hydrogen-bond acceptors (Lipinski definition) is 2. The second-order valence-electron chi connectivity index (χ2n) is 6.54. The smallest absolute Gasteiger partial charge is 0.123 e. The Hall–Kier alpha value is -2.07. The highest BCUT2D eigenvalue weighted by Crippen LogP contribution is 2.33. The summed E-state index contributed by atoms with van der Waals surface area (Å²) in [4.78, 5) is 0. The van der Waals surface area contributed by atoms with Crippen molar-refractivity contribution in [2.75, 3.05) is 5.32 Å². The highest BCUT2D eigenvalue weighted by molar-refractivity contribution is 6.42. The molecule has 27 heavy (non-hydrogen) atoms. The Morgan fingerprint density at radius 3 is 2.15 bits per heavy atom. The lowest BCUT2D eigenvalue weighted by Gasteiger charge is -2.24. The van der Waals surface area contributed by atoms with Crippen molar-refractivity contribution >= 4 is 28.9 Å². The zero-order chi connectivity index (χ0) is 19.4. The molecule has 0 aliphatic heterocycles. The Kier molecular flexibility index (Phi) is 6.38. The van der Waals surface area contributed by atoms with Crippen LogP contribution in [0.15, 0.2) is 66.7 Å². The fourth-order valence-electron chi connectivity index (χ4n) is 2.90. The van der Waals surface area contributed by atoms with E-state index in [-0.39, 0.29) is 11.9 Å². The first-order valence-corrected chi connectivity index (χ1v) is 9.39. The summed E-state index contributed by atoms with van der Waals surface area (Å²) >= 11 is 12.2. The molecule has 3 aromatic rings. The molecule has 140 valence electrons. The van der Waals surface area contributed by atoms with E-state index in [0.29, 0.717) is 22.0 Å². The van der Waals surface area contributed by atoms with Gasteiger partial charge >= 0.3 is 0 Å². The third-order valence-electron chi connectivity index (χ3n) is 4.45. The van der Waals surface area contributed by atoms with Crippen LogP contribution in [-0.2, 0) is 0 Å². The lowest BCUT2D eigenvalue weighted by Crippen LogP contribution is -2.15. The highest BCUT2D eigenvalue weighted by Gasteiger charge is 2.19. The van der Waals surface area contributed by atoms with Crippen LogP contribution in [0.1, 0.15) is 35.3 Å². The molecule has 2 nitrogen and oxygen atoms in total. The summed E-state index contributed by atoms with van der Waals surface area (Å²) in [6.45, 7) is 2.03. The maximum absolute atomic E-state index is 13.2. The number of anilines is 1. The van der Waals surface area contributed by atoms with Crippen LogP contribution in [0.3, 0.4) is 0 Å². The zero-order valence-electron chi connectivity index (χ0n) is 14.8. The molecule has 2 atom stereocenters. The quantitative estimate of drug-likeness (QED) is 0.478. The molecule has 0 aliphatic rings. The first kappa shape index (κ1) is 19.7. The number of aliphatic hydroxyl groups is 1. The van der Waals surface area contributed by atoms with Gasteiger partial charge in [0, 0.05) is 12.1 Å². The molecule has 0 heterocycles. The Bertz CT molecular complexity index is 897. The molecule has 0 saturated heterocycles. The molecular formula is C22H20Cl2FNO. The third kappa shape index (κ3) is 5.23. The molecule has 0 aliphatic carbocycles. The second kappa shape index (κ2) is 8.75. The summed E-state index contributed by atoms with van der Waals surface area (Å²) in [5.74, 6) is -0.329. The van der Waals surface area contributed by atoms with Gasteiger partial charge in [0.1, 0.15) is 5.82 Å². The van der Waals surface area contributed by atoms with Crippen LogP contribution >= 0.6 is 23.2 Å². The fraction of sp³-hybridized carbons (Fsp3) is 0.182. The van der Waals surface area contributed by atoms with Gasteiger partial charge in [0.05, 0.1) is 22.2 Å². The molecule has 3 aromatic carbocycles. The molecule has 0 bridgehead atoms. The van der Waals surface area contributed by atoms with Gasteiger partial charge < -0.3 is 10.4 Å². The first-order valence-electron chi connectivity index (χ1n) is 8.64. The number of benzene rings is 3. The van der Waals surface area contributed by atoms with Gasteiger partial charge in [0.25, 0.3) is 0 Å². The standard InChI is InChI=1S/C22H20Cl2FNO/c1-14-2-9-18(10-3-14)26-21(16-6-11-19(23)20(24)12-16)13-22(27)15-4-7-17(25)8-5-15/h2-12,21-22,26-27H,13H2,1H3. The van der Waals surface area contributed by atoms with E-state index in [2.05, 4.69) is 5.32 Å². The van der Waals surface area contributed by atoms with Crippen molar-refractivity contribution in [3.63, 3.8) is 0 Å². The van der Waals surface area contributed by atoms with Gasteiger partial charge in [-0.2, -0.15) is 0 Å². The number of aliphatic hydroxyl groups excluding tert-OH is 1. The molecule has 0 spiro atoms. The van der Waals surface area contributed by atoms with Crippen molar-refractivity contribution < 1.29 is 9.50 Å². The van der Waals surface area contributed by atoms with E-state index < -0.39 is 6.10 Å². The number of aryl methyl sites for hydroxylation is 1. The van der Waals surface area contributed by atoms with Crippen LogP contribution in [0.25, 0.3) is 0 Å². The Morgan fingerprint density at radius 1 is 0.889 bits per heavy atom. The predicted molar refractivity (Wildman–Crippen MR) is 110 cm³/mol. The molecular weight excluding hydrogens is 384 g/mol. The van der Waals surface area contributed by atoms with Crippen LogP contribution in [0.5, 0.6) is 0 Å². The van der Waals surface area contributed by atoms with E-state index in [4.69, 9.17) is 23.2 Å². The summed E-state index contributed by atoms with van der Waals surface area (Å²) in [5, 5.41) is 15.1. The third-order valence-corrected chi connectivity index (χ3v) is 5.19. The predicted octanol–water partition coefficient (Wildman–Crippen LogP) is 6.72. The SMILES string of the molecule is Cc1ccc(NC(CC(O)c2ccc(F)cc2)c2ccc(Cl)c(Cl)c2)cc1. The maximum atomic E-state index is 13.2. The minimum absolute atomic E-state index is 0.206. The van der Waals surface area contributed by atoms with Crippen molar-refractivity contribution in [2.45, 2.75) is 25.5 Å². The average molecular weight is 404 g/mol. The summed E-state index contributed by atoms with van der Waals surface area (Å²) < 4.78 is 13.2. The van der Waals surface area contributed by atoms with Crippen molar-refractivity contribution in [2.24, 2.45) is 0 Å². The van der Waals surface area contributed by atoms with Crippen LogP contribution in [0.4, 0.5) is 10.1 Å². The zero-order valence-corrected chi connectivity index (χ0v) is 16.3. The lowest BCUT2D eigenvalue weighted by atomic mass is 9.96. The van der Waals surface area contributed by atoms with Gasteiger partial charge in [0.15, 0.2) is 0 Å². The number of hydrogen-bond donors (Lipinski definition) is 2. The highest BCUT2D eigenvalue weighted by atomic mass is 35.5. The van der Waals surface area contributed by atoms with Crippen molar-refractivity contribution in [1.29, 1.82) is 0 Å². The van der Waals surface area contributed by atoms with E-state index in [9.17, 15) is 9.50 Å². The number of halogens is 3. The van der Waals surface area contributed by atoms with Crippen molar-refractivity contribution in [3.05, 3.63) is 99.3 Å². The van der Waals surface area contributed by atoms with Gasteiger partial charge in [-0.1, -0.05) is 59.1 Å². The van der Waals surface area contributed by atoms with Crippen molar-refractivity contribution in [3.8, 4) is 0 Å². The first-order chi connectivity index (χ1) is 12.9. The number of rotatable bonds is 6.